The third-order valence-corrected chi connectivity index (χ3v) is 2.94. The van der Waals surface area contributed by atoms with Gasteiger partial charge in [-0.2, -0.15) is 4.98 Å². The van der Waals surface area contributed by atoms with Gasteiger partial charge in [0.25, 0.3) is 0 Å². The van der Waals surface area contributed by atoms with Crippen LogP contribution in [0, 0.1) is 0 Å². The van der Waals surface area contributed by atoms with E-state index in [4.69, 9.17) is 10.5 Å². The standard InChI is InChI=1S/C16H21N3O/c1-4-5-12-6-8-13(9-7-12)20-15-10-14(17)18-16(19-15)11(2)3/h6-11H,4-5H2,1-3H3,(H2,17,18,19). The zero-order chi connectivity index (χ0) is 14.5. The van der Waals surface area contributed by atoms with E-state index in [0.717, 1.165) is 18.6 Å². The zero-order valence-corrected chi connectivity index (χ0v) is 12.3. The van der Waals surface area contributed by atoms with Gasteiger partial charge >= 0.3 is 0 Å². The lowest BCUT2D eigenvalue weighted by Gasteiger charge is -2.09. The number of nitrogens with zero attached hydrogens (tertiary/aromatic N) is 2. The molecule has 0 aliphatic rings. The number of aryl methyl sites for hydroxylation is 1. The van der Waals surface area contributed by atoms with Gasteiger partial charge in [-0.3, -0.25) is 0 Å². The number of benzene rings is 1. The van der Waals surface area contributed by atoms with E-state index < -0.39 is 0 Å². The topological polar surface area (TPSA) is 61.0 Å². The second kappa shape index (κ2) is 6.37. The van der Waals surface area contributed by atoms with Gasteiger partial charge in [0.2, 0.25) is 5.88 Å². The number of hydrogen-bond acceptors (Lipinski definition) is 4. The number of ether oxygens (including phenoxy) is 1. The molecule has 2 rings (SSSR count). The molecule has 0 saturated carbocycles. The molecule has 20 heavy (non-hydrogen) atoms. The van der Waals surface area contributed by atoms with Gasteiger partial charge in [-0.1, -0.05) is 39.3 Å². The van der Waals surface area contributed by atoms with E-state index in [-0.39, 0.29) is 5.92 Å². The highest BCUT2D eigenvalue weighted by Crippen LogP contribution is 2.23. The minimum atomic E-state index is 0.216. The van der Waals surface area contributed by atoms with Crippen molar-refractivity contribution >= 4 is 5.82 Å². The van der Waals surface area contributed by atoms with E-state index in [0.29, 0.717) is 17.5 Å². The largest absolute Gasteiger partial charge is 0.439 e. The number of hydrogen-bond donors (Lipinski definition) is 1. The molecule has 0 atom stereocenters. The van der Waals surface area contributed by atoms with Crippen LogP contribution in [0.15, 0.2) is 30.3 Å². The van der Waals surface area contributed by atoms with Gasteiger partial charge in [-0.25, -0.2) is 4.98 Å². The average Bonchev–Trinajstić information content (AvgIpc) is 2.40. The third kappa shape index (κ3) is 3.70. The van der Waals surface area contributed by atoms with Crippen LogP contribution in [0.3, 0.4) is 0 Å². The number of anilines is 1. The molecular weight excluding hydrogens is 250 g/mol. The van der Waals surface area contributed by atoms with Crippen LogP contribution in [0.2, 0.25) is 0 Å². The number of aromatic nitrogens is 2. The van der Waals surface area contributed by atoms with Crippen molar-refractivity contribution in [2.75, 3.05) is 5.73 Å². The fraction of sp³-hybridized carbons (Fsp3) is 0.375. The van der Waals surface area contributed by atoms with Crippen molar-refractivity contribution in [3.63, 3.8) is 0 Å². The second-order valence-electron chi connectivity index (χ2n) is 5.14. The number of rotatable bonds is 5. The van der Waals surface area contributed by atoms with Gasteiger partial charge in [0.05, 0.1) is 0 Å². The van der Waals surface area contributed by atoms with Gasteiger partial charge in [0, 0.05) is 12.0 Å². The Morgan fingerprint density at radius 1 is 1.15 bits per heavy atom. The molecule has 0 bridgehead atoms. The van der Waals surface area contributed by atoms with Crippen molar-refractivity contribution in [3.05, 3.63) is 41.7 Å². The van der Waals surface area contributed by atoms with Crippen molar-refractivity contribution in [2.45, 2.75) is 39.5 Å². The third-order valence-electron chi connectivity index (χ3n) is 2.94. The molecule has 2 aromatic rings. The minimum Gasteiger partial charge on any atom is -0.439 e. The van der Waals surface area contributed by atoms with Crippen LogP contribution in [0.1, 0.15) is 44.5 Å². The van der Waals surface area contributed by atoms with Crippen LogP contribution in [0.25, 0.3) is 0 Å². The Balaban J connectivity index is 2.16. The Morgan fingerprint density at radius 2 is 1.85 bits per heavy atom. The first-order valence-corrected chi connectivity index (χ1v) is 6.99. The summed E-state index contributed by atoms with van der Waals surface area (Å²) in [7, 11) is 0. The maximum atomic E-state index is 5.78. The zero-order valence-electron chi connectivity index (χ0n) is 12.3. The van der Waals surface area contributed by atoms with Crippen molar-refractivity contribution in [3.8, 4) is 11.6 Å². The Bertz CT molecular complexity index is 564. The van der Waals surface area contributed by atoms with E-state index in [9.17, 15) is 0 Å². The summed E-state index contributed by atoms with van der Waals surface area (Å²) in [6.07, 6.45) is 2.22. The molecule has 0 unspecified atom stereocenters. The normalized spacial score (nSPS) is 10.8. The van der Waals surface area contributed by atoms with E-state index in [2.05, 4.69) is 29.0 Å². The van der Waals surface area contributed by atoms with Crippen LogP contribution in [-0.4, -0.2) is 9.97 Å². The first kappa shape index (κ1) is 14.3. The molecule has 0 aliphatic heterocycles. The fourth-order valence-corrected chi connectivity index (χ4v) is 1.91. The summed E-state index contributed by atoms with van der Waals surface area (Å²) in [5, 5.41) is 0. The van der Waals surface area contributed by atoms with Crippen LogP contribution in [0.5, 0.6) is 11.6 Å². The molecule has 0 spiro atoms. The van der Waals surface area contributed by atoms with Gasteiger partial charge in [0.15, 0.2) is 0 Å². The van der Waals surface area contributed by atoms with E-state index in [1.54, 1.807) is 6.07 Å². The number of nitrogens with two attached hydrogens (primary N) is 1. The molecule has 1 aromatic heterocycles. The van der Waals surface area contributed by atoms with Gasteiger partial charge in [-0.05, 0) is 24.1 Å². The van der Waals surface area contributed by atoms with Gasteiger partial charge < -0.3 is 10.5 Å². The lowest BCUT2D eigenvalue weighted by atomic mass is 10.1. The molecule has 4 nitrogen and oxygen atoms in total. The SMILES string of the molecule is CCCc1ccc(Oc2cc(N)nc(C(C)C)n2)cc1. The quantitative estimate of drug-likeness (QED) is 0.895. The summed E-state index contributed by atoms with van der Waals surface area (Å²) in [5.74, 6) is 2.60. The summed E-state index contributed by atoms with van der Waals surface area (Å²) in [6.45, 7) is 6.22. The summed E-state index contributed by atoms with van der Waals surface area (Å²) >= 11 is 0. The van der Waals surface area contributed by atoms with Crippen LogP contribution in [-0.2, 0) is 6.42 Å². The van der Waals surface area contributed by atoms with Crippen LogP contribution < -0.4 is 10.5 Å². The highest BCUT2D eigenvalue weighted by Gasteiger charge is 2.08. The predicted molar refractivity (Wildman–Crippen MR) is 81.0 cm³/mol. The molecule has 1 aromatic carbocycles. The Morgan fingerprint density at radius 3 is 2.45 bits per heavy atom. The molecule has 106 valence electrons. The van der Waals surface area contributed by atoms with Crippen molar-refractivity contribution < 1.29 is 4.74 Å². The van der Waals surface area contributed by atoms with E-state index >= 15 is 0 Å². The molecule has 4 heteroatoms. The van der Waals surface area contributed by atoms with Crippen LogP contribution in [0.4, 0.5) is 5.82 Å². The molecule has 0 aliphatic carbocycles. The molecule has 0 radical (unpaired) electrons. The fourth-order valence-electron chi connectivity index (χ4n) is 1.91. The molecular formula is C16H21N3O. The molecule has 0 saturated heterocycles. The summed E-state index contributed by atoms with van der Waals surface area (Å²) < 4.78 is 5.75. The monoisotopic (exact) mass is 271 g/mol. The summed E-state index contributed by atoms with van der Waals surface area (Å²) in [5.41, 5.74) is 7.09. The first-order valence-electron chi connectivity index (χ1n) is 6.99. The lowest BCUT2D eigenvalue weighted by molar-refractivity contribution is 0.457. The lowest BCUT2D eigenvalue weighted by Crippen LogP contribution is -2.03. The predicted octanol–water partition coefficient (Wildman–Crippen LogP) is 3.93. The van der Waals surface area contributed by atoms with E-state index in [1.165, 1.54) is 5.56 Å². The molecule has 2 N–H and O–H groups in total. The first-order chi connectivity index (χ1) is 9.58. The number of nitrogen functional groups attached to an aromatic ring is 1. The van der Waals surface area contributed by atoms with Crippen molar-refractivity contribution in [2.24, 2.45) is 0 Å². The maximum absolute atomic E-state index is 5.78. The molecule has 0 fully saturated rings. The van der Waals surface area contributed by atoms with Gasteiger partial charge in [-0.15, -0.1) is 0 Å². The van der Waals surface area contributed by atoms with Crippen molar-refractivity contribution in [1.29, 1.82) is 0 Å². The Labute approximate surface area is 120 Å². The Kier molecular flexibility index (Phi) is 4.56. The highest BCUT2D eigenvalue weighted by atomic mass is 16.5. The Hall–Kier alpha value is -2.10. The maximum Gasteiger partial charge on any atom is 0.224 e. The van der Waals surface area contributed by atoms with E-state index in [1.807, 2.05) is 26.0 Å². The van der Waals surface area contributed by atoms with Crippen LogP contribution >= 0.6 is 0 Å². The molecule has 1 heterocycles. The summed E-state index contributed by atoms with van der Waals surface area (Å²) in [4.78, 5) is 8.57. The minimum absolute atomic E-state index is 0.216. The van der Waals surface area contributed by atoms with Crippen molar-refractivity contribution in [1.82, 2.24) is 9.97 Å². The second-order valence-corrected chi connectivity index (χ2v) is 5.14. The summed E-state index contributed by atoms with van der Waals surface area (Å²) in [6, 6.07) is 9.71. The molecule has 0 amide bonds. The smallest absolute Gasteiger partial charge is 0.224 e. The average molecular weight is 271 g/mol. The highest BCUT2D eigenvalue weighted by molar-refractivity contribution is 5.37. The van der Waals surface area contributed by atoms with Gasteiger partial charge in [0.1, 0.15) is 17.4 Å².